The number of anilines is 1. The van der Waals surface area contributed by atoms with E-state index >= 15 is 0 Å². The molecule has 4 aromatic rings. The molecule has 0 amide bonds. The normalized spacial score (nSPS) is 20.9. The summed E-state index contributed by atoms with van der Waals surface area (Å²) in [7, 11) is -2.04. The Labute approximate surface area is 245 Å². The van der Waals surface area contributed by atoms with Crippen molar-refractivity contribution in [1.29, 1.82) is 0 Å². The topological polar surface area (TPSA) is 94.1 Å². The third-order valence-corrected chi connectivity index (χ3v) is 9.62. The second-order valence-corrected chi connectivity index (χ2v) is 12.6. The van der Waals surface area contributed by atoms with Crippen LogP contribution in [0.1, 0.15) is 36.0 Å². The van der Waals surface area contributed by atoms with Crippen LogP contribution in [-0.2, 0) is 26.1 Å². The van der Waals surface area contributed by atoms with Gasteiger partial charge in [-0.15, -0.1) is 11.8 Å². The Kier molecular flexibility index (Phi) is 9.32. The van der Waals surface area contributed by atoms with Gasteiger partial charge in [0.05, 0.1) is 30.8 Å². The molecule has 214 valence electrons. The van der Waals surface area contributed by atoms with Crippen LogP contribution in [0.15, 0.2) is 113 Å². The number of benzene rings is 4. The van der Waals surface area contributed by atoms with E-state index < -0.39 is 16.3 Å². The first kappa shape index (κ1) is 29.2. The van der Waals surface area contributed by atoms with Crippen molar-refractivity contribution in [2.45, 2.75) is 41.8 Å². The van der Waals surface area contributed by atoms with Crippen molar-refractivity contribution in [3.05, 3.63) is 120 Å². The molecule has 4 aromatic carbocycles. The third-order valence-electron chi connectivity index (χ3n) is 7.08. The van der Waals surface area contributed by atoms with Crippen LogP contribution in [0.4, 0.5) is 5.69 Å². The summed E-state index contributed by atoms with van der Waals surface area (Å²) >= 11 is 1.67. The van der Waals surface area contributed by atoms with Gasteiger partial charge >= 0.3 is 0 Å². The highest BCUT2D eigenvalue weighted by atomic mass is 32.2. The molecule has 9 heteroatoms. The van der Waals surface area contributed by atoms with Gasteiger partial charge in [-0.3, -0.25) is 4.72 Å². The summed E-state index contributed by atoms with van der Waals surface area (Å²) in [6.07, 6.45) is -1.06. The number of aliphatic hydroxyl groups excluding tert-OH is 1. The highest BCUT2D eigenvalue weighted by Gasteiger charge is 2.38. The summed E-state index contributed by atoms with van der Waals surface area (Å²) in [4.78, 5) is 1.23. The lowest BCUT2D eigenvalue weighted by atomic mass is 9.91. The molecule has 0 bridgehead atoms. The molecule has 41 heavy (non-hydrogen) atoms. The smallest absolute Gasteiger partial charge is 0.261 e. The fraction of sp³-hybridized carbons (Fsp3) is 0.250. The number of sulfonamides is 1. The monoisotopic (exact) mass is 591 g/mol. The first-order chi connectivity index (χ1) is 19.9. The van der Waals surface area contributed by atoms with Crippen molar-refractivity contribution in [2.75, 3.05) is 17.6 Å². The molecule has 0 aromatic heterocycles. The summed E-state index contributed by atoms with van der Waals surface area (Å²) in [5, 5.41) is 9.50. The number of ether oxygens (including phenoxy) is 3. The fourth-order valence-electron chi connectivity index (χ4n) is 4.74. The van der Waals surface area contributed by atoms with Gasteiger partial charge < -0.3 is 19.3 Å². The Balaban J connectivity index is 1.37. The van der Waals surface area contributed by atoms with Crippen LogP contribution >= 0.6 is 11.8 Å². The standard InChI is InChI=1S/C32H33NO6S2/c1-22-29(21-40-30-11-7-6-10-28(30)37-2)38-32(39-31(22)24-14-12-23(20-34)13-15-24)25-16-18-26(19-17-25)33-41(35,36)27-8-4-3-5-9-27/h3-19,22,29,31-34H,20-21H2,1-2H3/t22-,29+,31+,32+/m1/s1. The summed E-state index contributed by atoms with van der Waals surface area (Å²) in [5.41, 5.74) is 3.06. The van der Waals surface area contributed by atoms with Crippen LogP contribution in [-0.4, -0.2) is 32.5 Å². The van der Waals surface area contributed by atoms with E-state index in [2.05, 4.69) is 11.6 Å². The Morgan fingerprint density at radius 2 is 1.51 bits per heavy atom. The zero-order chi connectivity index (χ0) is 28.8. The van der Waals surface area contributed by atoms with Gasteiger partial charge in [-0.2, -0.15) is 0 Å². The van der Waals surface area contributed by atoms with E-state index in [1.807, 2.05) is 60.7 Å². The van der Waals surface area contributed by atoms with Crippen LogP contribution in [0.2, 0.25) is 0 Å². The highest BCUT2D eigenvalue weighted by molar-refractivity contribution is 7.99. The molecule has 2 N–H and O–H groups in total. The molecule has 1 saturated heterocycles. The van der Waals surface area contributed by atoms with Gasteiger partial charge in [0.1, 0.15) is 5.75 Å². The maximum Gasteiger partial charge on any atom is 0.261 e. The summed E-state index contributed by atoms with van der Waals surface area (Å²) in [5.74, 6) is 1.53. The van der Waals surface area contributed by atoms with E-state index in [4.69, 9.17) is 14.2 Å². The Bertz CT molecular complexity index is 1530. The maximum atomic E-state index is 12.8. The van der Waals surface area contributed by atoms with Crippen molar-refractivity contribution >= 4 is 27.5 Å². The number of hydrogen-bond donors (Lipinski definition) is 2. The molecule has 0 spiro atoms. The first-order valence-electron chi connectivity index (χ1n) is 13.3. The van der Waals surface area contributed by atoms with E-state index in [1.165, 1.54) is 0 Å². The molecule has 5 rings (SSSR count). The predicted octanol–water partition coefficient (Wildman–Crippen LogP) is 6.57. The SMILES string of the molecule is COc1ccccc1SC[C@@H]1O[C@H](c2ccc(NS(=O)(=O)c3ccccc3)cc2)O[C@H](c2ccc(CO)cc2)[C@@H]1C. The van der Waals surface area contributed by atoms with E-state index in [-0.39, 0.29) is 29.6 Å². The van der Waals surface area contributed by atoms with Gasteiger partial charge in [0.25, 0.3) is 10.0 Å². The van der Waals surface area contributed by atoms with Crippen LogP contribution in [0.3, 0.4) is 0 Å². The molecular formula is C32H33NO6S2. The summed E-state index contributed by atoms with van der Waals surface area (Å²) in [6.45, 7) is 2.10. The number of methoxy groups -OCH3 is 1. The Hall–Kier alpha value is -3.34. The molecule has 0 unspecified atom stereocenters. The largest absolute Gasteiger partial charge is 0.496 e. The molecule has 0 saturated carbocycles. The highest BCUT2D eigenvalue weighted by Crippen LogP contribution is 2.43. The van der Waals surface area contributed by atoms with Crippen molar-refractivity contribution in [1.82, 2.24) is 0 Å². The lowest BCUT2D eigenvalue weighted by Gasteiger charge is -2.41. The number of rotatable bonds is 10. The van der Waals surface area contributed by atoms with Crippen molar-refractivity contribution in [2.24, 2.45) is 5.92 Å². The Morgan fingerprint density at radius 3 is 2.20 bits per heavy atom. The van der Waals surface area contributed by atoms with Crippen molar-refractivity contribution < 1.29 is 27.7 Å². The average Bonchev–Trinajstić information content (AvgIpc) is 3.01. The lowest BCUT2D eigenvalue weighted by molar-refractivity contribution is -0.268. The number of nitrogens with one attached hydrogen (secondary N) is 1. The van der Waals surface area contributed by atoms with Crippen LogP contribution in [0, 0.1) is 5.92 Å². The first-order valence-corrected chi connectivity index (χ1v) is 15.8. The van der Waals surface area contributed by atoms with E-state index in [1.54, 1.807) is 61.3 Å². The minimum atomic E-state index is -3.70. The third kappa shape index (κ3) is 6.94. The molecule has 0 radical (unpaired) electrons. The molecule has 0 aliphatic carbocycles. The number of hydrogen-bond acceptors (Lipinski definition) is 7. The van der Waals surface area contributed by atoms with Crippen LogP contribution in [0.5, 0.6) is 5.75 Å². The van der Waals surface area contributed by atoms with Crippen LogP contribution < -0.4 is 9.46 Å². The second kappa shape index (κ2) is 13.1. The lowest BCUT2D eigenvalue weighted by Crippen LogP contribution is -2.38. The number of para-hydroxylation sites is 1. The molecule has 1 fully saturated rings. The maximum absolute atomic E-state index is 12.8. The minimum absolute atomic E-state index is 0.0222. The second-order valence-electron chi connectivity index (χ2n) is 9.82. The minimum Gasteiger partial charge on any atom is -0.496 e. The van der Waals surface area contributed by atoms with Gasteiger partial charge in [0, 0.05) is 27.8 Å². The molecule has 4 atom stereocenters. The van der Waals surface area contributed by atoms with Gasteiger partial charge in [0.15, 0.2) is 6.29 Å². The average molecular weight is 592 g/mol. The van der Waals surface area contributed by atoms with Crippen molar-refractivity contribution in [3.63, 3.8) is 0 Å². The van der Waals surface area contributed by atoms with Crippen molar-refractivity contribution in [3.8, 4) is 5.75 Å². The summed E-state index contributed by atoms with van der Waals surface area (Å²) < 4.78 is 46.7. The Morgan fingerprint density at radius 1 is 0.854 bits per heavy atom. The van der Waals surface area contributed by atoms with E-state index in [9.17, 15) is 13.5 Å². The molecule has 1 aliphatic rings. The van der Waals surface area contributed by atoms with Gasteiger partial charge in [0.2, 0.25) is 0 Å². The van der Waals surface area contributed by atoms with Gasteiger partial charge in [-0.05, 0) is 47.5 Å². The van der Waals surface area contributed by atoms with E-state index in [0.29, 0.717) is 11.4 Å². The molecule has 1 heterocycles. The van der Waals surface area contributed by atoms with Crippen LogP contribution in [0.25, 0.3) is 0 Å². The molecule has 1 aliphatic heterocycles. The number of thioether (sulfide) groups is 1. The predicted molar refractivity (Wildman–Crippen MR) is 160 cm³/mol. The zero-order valence-corrected chi connectivity index (χ0v) is 24.5. The zero-order valence-electron chi connectivity index (χ0n) is 22.8. The van der Waals surface area contributed by atoms with Gasteiger partial charge in [-0.1, -0.05) is 73.7 Å². The molecular weight excluding hydrogens is 558 g/mol. The quantitative estimate of drug-likeness (QED) is 0.201. The number of aliphatic hydroxyl groups is 1. The molecule has 7 nitrogen and oxygen atoms in total. The summed E-state index contributed by atoms with van der Waals surface area (Å²) in [6, 6.07) is 31.0. The van der Waals surface area contributed by atoms with Gasteiger partial charge in [-0.25, -0.2) is 8.42 Å². The van der Waals surface area contributed by atoms with E-state index in [0.717, 1.165) is 27.3 Å². The fourth-order valence-corrected chi connectivity index (χ4v) is 7.02.